The molecule has 3 aliphatic rings. The summed E-state index contributed by atoms with van der Waals surface area (Å²) in [7, 11) is -3.27. The van der Waals surface area contributed by atoms with Crippen molar-refractivity contribution in [1.29, 1.82) is 0 Å². The lowest BCUT2D eigenvalue weighted by Gasteiger charge is -2.34. The number of ether oxygens (including phenoxy) is 2. The van der Waals surface area contributed by atoms with E-state index in [9.17, 15) is 22.8 Å². The van der Waals surface area contributed by atoms with Crippen molar-refractivity contribution in [3.05, 3.63) is 34.5 Å². The minimum absolute atomic E-state index is 0.117. The number of alkyl halides is 1. The number of likely N-dealkylation sites (tertiary alicyclic amines) is 1. The van der Waals surface area contributed by atoms with Gasteiger partial charge in [-0.2, -0.15) is 4.31 Å². The van der Waals surface area contributed by atoms with Gasteiger partial charge in [-0.15, -0.1) is 23.1 Å². The molecule has 0 radical (unpaired) electrons. The van der Waals surface area contributed by atoms with Gasteiger partial charge in [0.1, 0.15) is 18.6 Å². The average Bonchev–Trinajstić information content (AvgIpc) is 3.63. The van der Waals surface area contributed by atoms with Crippen molar-refractivity contribution in [2.45, 2.75) is 34.2 Å². The molecular weight excluding hydrogens is 550 g/mol. The number of amides is 2. The predicted octanol–water partition coefficient (Wildman–Crippen LogP) is 1.64. The number of carbonyl (C=O) groups excluding carboxylic acids is 3. The third kappa shape index (κ3) is 5.18. The first-order valence-corrected chi connectivity index (χ1v) is 15.0. The van der Waals surface area contributed by atoms with Gasteiger partial charge in [0.05, 0.1) is 25.6 Å². The minimum atomic E-state index is -4.42. The van der Waals surface area contributed by atoms with Gasteiger partial charge in [0.25, 0.3) is 0 Å². The summed E-state index contributed by atoms with van der Waals surface area (Å²) < 4.78 is 36.7. The summed E-state index contributed by atoms with van der Waals surface area (Å²) in [6.07, 6.45) is 3.22. The second-order valence-electron chi connectivity index (χ2n) is 8.57. The number of sulfonamides is 1. The number of rotatable bonds is 8. The summed E-state index contributed by atoms with van der Waals surface area (Å²) in [5.41, 5.74) is 0. The predicted molar refractivity (Wildman–Crippen MR) is 137 cm³/mol. The van der Waals surface area contributed by atoms with Crippen LogP contribution in [0.15, 0.2) is 29.7 Å². The van der Waals surface area contributed by atoms with Crippen molar-refractivity contribution >= 4 is 62.5 Å². The highest BCUT2D eigenvalue weighted by molar-refractivity contribution is 8.16. The Kier molecular flexibility index (Phi) is 8.37. The number of thiophene rings is 1. The Labute approximate surface area is 223 Å². The highest BCUT2D eigenvalue weighted by atomic mass is 35.5. The molecule has 198 valence electrons. The van der Waals surface area contributed by atoms with Crippen molar-refractivity contribution in [3.63, 3.8) is 0 Å². The molecule has 4 heterocycles. The Morgan fingerprint density at radius 1 is 1.33 bits per heavy atom. The zero-order valence-corrected chi connectivity index (χ0v) is 23.1. The lowest BCUT2D eigenvalue weighted by atomic mass is 10.2. The maximum atomic E-state index is 13.9. The van der Waals surface area contributed by atoms with Crippen LogP contribution < -0.4 is 0 Å². The van der Waals surface area contributed by atoms with Crippen LogP contribution in [0.3, 0.4) is 0 Å². The zero-order valence-electron chi connectivity index (χ0n) is 19.9. The maximum Gasteiger partial charge on any atom is 0.321 e. The van der Waals surface area contributed by atoms with Crippen LogP contribution in [0.2, 0.25) is 0 Å². The number of morpholine rings is 1. The first-order chi connectivity index (χ1) is 17.1. The Hall–Kier alpha value is -1.64. The number of thioether (sulfide) groups is 1. The summed E-state index contributed by atoms with van der Waals surface area (Å²) >= 11 is 9.17. The number of carbonyl (C=O) groups is 3. The molecule has 0 saturated carbocycles. The second-order valence-corrected chi connectivity index (χ2v) is 14.3. The zero-order chi connectivity index (χ0) is 26.1. The van der Waals surface area contributed by atoms with E-state index in [1.165, 1.54) is 22.3 Å². The minimum Gasteiger partial charge on any atom is -0.468 e. The molecular formula is C22H28ClN3O7S3. The van der Waals surface area contributed by atoms with E-state index in [-0.39, 0.29) is 24.1 Å². The highest BCUT2D eigenvalue weighted by Crippen LogP contribution is 2.54. The average molecular weight is 578 g/mol. The number of methoxy groups -OCH3 is 1. The molecule has 3 aliphatic heterocycles. The lowest BCUT2D eigenvalue weighted by molar-refractivity contribution is -0.147. The molecule has 2 amide bonds. The van der Waals surface area contributed by atoms with Crippen LogP contribution in [-0.2, 0) is 33.9 Å². The summed E-state index contributed by atoms with van der Waals surface area (Å²) in [5.74, 6) is -1.58. The molecule has 0 aliphatic carbocycles. The molecule has 0 aromatic carbocycles. The van der Waals surface area contributed by atoms with Crippen LogP contribution >= 0.6 is 34.7 Å². The summed E-state index contributed by atoms with van der Waals surface area (Å²) in [6, 6.07) is 1.79. The third-order valence-corrected chi connectivity index (χ3v) is 12.4. The molecule has 1 aromatic rings. The van der Waals surface area contributed by atoms with Crippen molar-refractivity contribution < 1.29 is 32.3 Å². The van der Waals surface area contributed by atoms with Crippen LogP contribution in [0.1, 0.15) is 23.5 Å². The first-order valence-electron chi connectivity index (χ1n) is 11.4. The molecule has 2 fully saturated rings. The van der Waals surface area contributed by atoms with Crippen LogP contribution in [0.4, 0.5) is 0 Å². The normalized spacial score (nSPS) is 27.6. The molecule has 4 rings (SSSR count). The van der Waals surface area contributed by atoms with Gasteiger partial charge < -0.3 is 19.3 Å². The van der Waals surface area contributed by atoms with Crippen LogP contribution in [0, 0.1) is 0 Å². The number of esters is 1. The van der Waals surface area contributed by atoms with Crippen LogP contribution in [0.5, 0.6) is 0 Å². The lowest BCUT2D eigenvalue weighted by Crippen LogP contribution is -2.55. The summed E-state index contributed by atoms with van der Waals surface area (Å²) in [6.45, 7) is 2.85. The maximum absolute atomic E-state index is 13.9. The van der Waals surface area contributed by atoms with E-state index in [2.05, 4.69) is 0 Å². The molecule has 1 aromatic heterocycles. The fourth-order valence-corrected chi connectivity index (χ4v) is 9.38. The van der Waals surface area contributed by atoms with E-state index < -0.39 is 44.1 Å². The van der Waals surface area contributed by atoms with Gasteiger partial charge >= 0.3 is 5.97 Å². The Balaban J connectivity index is 1.56. The van der Waals surface area contributed by atoms with Gasteiger partial charge in [-0.05, 0) is 30.9 Å². The van der Waals surface area contributed by atoms with Crippen molar-refractivity contribution in [2.24, 2.45) is 0 Å². The van der Waals surface area contributed by atoms with Crippen molar-refractivity contribution in [2.75, 3.05) is 46.5 Å². The smallest absolute Gasteiger partial charge is 0.321 e. The molecule has 0 spiro atoms. The topological polar surface area (TPSA) is 114 Å². The first kappa shape index (κ1) is 27.4. The molecule has 4 atom stereocenters. The Morgan fingerprint density at radius 3 is 2.69 bits per heavy atom. The van der Waals surface area contributed by atoms with E-state index in [4.69, 9.17) is 21.1 Å². The number of halogens is 1. The molecule has 36 heavy (non-hydrogen) atoms. The van der Waals surface area contributed by atoms with E-state index in [0.29, 0.717) is 26.3 Å². The highest BCUT2D eigenvalue weighted by Gasteiger charge is 2.54. The number of hydrogen-bond donors (Lipinski definition) is 0. The van der Waals surface area contributed by atoms with E-state index in [1.807, 2.05) is 17.5 Å². The largest absolute Gasteiger partial charge is 0.468 e. The van der Waals surface area contributed by atoms with Gasteiger partial charge in [0.15, 0.2) is 0 Å². The Bertz CT molecular complexity index is 1120. The summed E-state index contributed by atoms with van der Waals surface area (Å²) in [4.78, 5) is 42.6. The van der Waals surface area contributed by atoms with E-state index >= 15 is 0 Å². The van der Waals surface area contributed by atoms with Gasteiger partial charge in [-0.3, -0.25) is 14.4 Å². The summed E-state index contributed by atoms with van der Waals surface area (Å²) in [5, 5.41) is 1.61. The molecule has 0 N–H and O–H groups in total. The molecule has 2 unspecified atom stereocenters. The SMILES string of the molecule is COC(=O)CN([C@H]1CCN([C@@H](C)C(=O)N2CCOCC2)C1=O)S(=O)(=O)C1(Cl)C=CC(c2cccs2)S1. The molecule has 0 bridgehead atoms. The fourth-order valence-electron chi connectivity index (χ4n) is 4.44. The molecule has 2 saturated heterocycles. The second kappa shape index (κ2) is 11.0. The van der Waals surface area contributed by atoms with Gasteiger partial charge in [0.2, 0.25) is 25.4 Å². The van der Waals surface area contributed by atoms with Crippen LogP contribution in [0.25, 0.3) is 0 Å². The van der Waals surface area contributed by atoms with Gasteiger partial charge in [-0.1, -0.05) is 23.7 Å². The third-order valence-electron chi connectivity index (χ3n) is 6.46. The standard InChI is InChI=1S/C22H28ClN3O7S3/c1-15(20(28)24-9-11-33-12-10-24)25-8-6-16(21(25)29)26(14-19(27)32-2)36(30,31)22(23)7-5-18(35-22)17-4-3-13-34-17/h3-5,7,13,15-16,18H,6,8-12,14H2,1-2H3/t15-,16-,18?,22?/m0/s1. The van der Waals surface area contributed by atoms with Gasteiger partial charge in [0, 0.05) is 24.5 Å². The van der Waals surface area contributed by atoms with E-state index in [0.717, 1.165) is 28.1 Å². The van der Waals surface area contributed by atoms with Gasteiger partial charge in [-0.25, -0.2) is 8.42 Å². The fraction of sp³-hybridized carbons (Fsp3) is 0.591. The van der Waals surface area contributed by atoms with Crippen molar-refractivity contribution in [3.8, 4) is 0 Å². The molecule has 10 nitrogen and oxygen atoms in total. The number of nitrogens with zero attached hydrogens (tertiary/aromatic N) is 3. The van der Waals surface area contributed by atoms with Crippen molar-refractivity contribution in [1.82, 2.24) is 14.1 Å². The number of hydrogen-bond acceptors (Lipinski definition) is 9. The monoisotopic (exact) mass is 577 g/mol. The molecule has 14 heteroatoms. The van der Waals surface area contributed by atoms with E-state index in [1.54, 1.807) is 17.9 Å². The Morgan fingerprint density at radius 2 is 2.06 bits per heavy atom. The quantitative estimate of drug-likeness (QED) is 0.260. The van der Waals surface area contributed by atoms with Crippen LogP contribution in [-0.4, -0.2) is 102 Å².